The van der Waals surface area contributed by atoms with E-state index in [4.69, 9.17) is 5.73 Å². The normalized spacial score (nSPS) is 26.4. The Kier molecular flexibility index (Phi) is 1.72. The van der Waals surface area contributed by atoms with Gasteiger partial charge in [-0.15, -0.1) is 0 Å². The first-order valence-electron chi connectivity index (χ1n) is 4.43. The molecule has 3 heteroatoms. The van der Waals surface area contributed by atoms with Crippen molar-refractivity contribution in [2.24, 2.45) is 11.7 Å². The highest BCUT2D eigenvalue weighted by molar-refractivity contribution is 6.31. The van der Waals surface area contributed by atoms with Gasteiger partial charge in [0.2, 0.25) is 7.41 Å². The zero-order valence-electron chi connectivity index (χ0n) is 7.33. The fourth-order valence-electron chi connectivity index (χ4n) is 1.78. The van der Waals surface area contributed by atoms with Gasteiger partial charge in [0, 0.05) is 17.3 Å². The first-order valence-corrected chi connectivity index (χ1v) is 4.43. The first-order chi connectivity index (χ1) is 5.81. The molecule has 0 aromatic carbocycles. The van der Waals surface area contributed by atoms with Crippen molar-refractivity contribution < 1.29 is 0 Å². The smallest absolute Gasteiger partial charge is 0.237 e. The summed E-state index contributed by atoms with van der Waals surface area (Å²) < 4.78 is 0. The monoisotopic (exact) mass is 160 g/mol. The third kappa shape index (κ3) is 1.05. The van der Waals surface area contributed by atoms with Crippen LogP contribution in [-0.4, -0.2) is 12.2 Å². The van der Waals surface area contributed by atoms with E-state index in [9.17, 15) is 0 Å². The lowest BCUT2D eigenvalue weighted by atomic mass is 9.91. The van der Waals surface area contributed by atoms with Gasteiger partial charge in [-0.1, -0.05) is 19.0 Å². The number of allylic oxidation sites excluding steroid dienone is 3. The number of nitrogens with two attached hydrogens (primary N) is 1. The van der Waals surface area contributed by atoms with E-state index in [-0.39, 0.29) is 0 Å². The van der Waals surface area contributed by atoms with Gasteiger partial charge in [-0.05, 0) is 18.7 Å². The van der Waals surface area contributed by atoms with Crippen molar-refractivity contribution in [2.75, 3.05) is 0 Å². The van der Waals surface area contributed by atoms with E-state index in [1.807, 2.05) is 0 Å². The van der Waals surface area contributed by atoms with Gasteiger partial charge in [-0.3, -0.25) is 0 Å². The Hall–Kier alpha value is -1.12. The van der Waals surface area contributed by atoms with E-state index in [2.05, 4.69) is 36.1 Å². The molecule has 0 amide bonds. The van der Waals surface area contributed by atoms with Crippen molar-refractivity contribution in [1.82, 2.24) is 4.81 Å². The highest BCUT2D eigenvalue weighted by Crippen LogP contribution is 2.31. The molecular weight excluding hydrogens is 147 g/mol. The van der Waals surface area contributed by atoms with Crippen molar-refractivity contribution in [3.63, 3.8) is 0 Å². The van der Waals surface area contributed by atoms with Gasteiger partial charge in [0.1, 0.15) is 0 Å². The Labute approximate surface area is 73.7 Å². The van der Waals surface area contributed by atoms with Crippen LogP contribution in [0.5, 0.6) is 0 Å². The zero-order valence-corrected chi connectivity index (χ0v) is 7.33. The molecule has 0 radical (unpaired) electrons. The summed E-state index contributed by atoms with van der Waals surface area (Å²) in [5.74, 6) is 0.581. The van der Waals surface area contributed by atoms with Crippen molar-refractivity contribution >= 4 is 7.41 Å². The second-order valence-electron chi connectivity index (χ2n) is 3.24. The van der Waals surface area contributed by atoms with E-state index >= 15 is 0 Å². The van der Waals surface area contributed by atoms with Gasteiger partial charge < -0.3 is 10.5 Å². The minimum atomic E-state index is 0.581. The lowest BCUT2D eigenvalue weighted by Gasteiger charge is -2.22. The van der Waals surface area contributed by atoms with Gasteiger partial charge >= 0.3 is 0 Å². The molecular formula is C9H13BN2. The summed E-state index contributed by atoms with van der Waals surface area (Å²) in [6, 6.07) is 0. The number of nitrogens with zero attached hydrogens (tertiary/aromatic N) is 1. The SMILES string of the molecule is CBN1C=CC2CC=C(N)C=C21. The Balaban J connectivity index is 2.27. The maximum Gasteiger partial charge on any atom is 0.237 e. The maximum atomic E-state index is 5.74. The van der Waals surface area contributed by atoms with Crippen LogP contribution in [-0.2, 0) is 0 Å². The maximum absolute atomic E-state index is 5.74. The van der Waals surface area contributed by atoms with Crippen molar-refractivity contribution in [2.45, 2.75) is 13.2 Å². The Morgan fingerprint density at radius 1 is 1.67 bits per heavy atom. The molecule has 0 aromatic heterocycles. The van der Waals surface area contributed by atoms with E-state index in [0.29, 0.717) is 5.92 Å². The number of hydrogen-bond donors (Lipinski definition) is 1. The molecule has 0 aromatic rings. The van der Waals surface area contributed by atoms with Crippen LogP contribution in [0.3, 0.4) is 0 Å². The van der Waals surface area contributed by atoms with Gasteiger partial charge in [0.25, 0.3) is 0 Å². The van der Waals surface area contributed by atoms with Crippen molar-refractivity contribution in [1.29, 1.82) is 0 Å². The van der Waals surface area contributed by atoms with Crippen LogP contribution in [0.1, 0.15) is 6.42 Å². The summed E-state index contributed by atoms with van der Waals surface area (Å²) in [6.07, 6.45) is 9.64. The minimum Gasteiger partial charge on any atom is -0.399 e. The molecule has 0 spiro atoms. The van der Waals surface area contributed by atoms with E-state index in [0.717, 1.165) is 19.5 Å². The fourth-order valence-corrected chi connectivity index (χ4v) is 1.78. The number of fused-ring (bicyclic) bond motifs is 1. The van der Waals surface area contributed by atoms with Crippen LogP contribution in [0.15, 0.2) is 35.8 Å². The first kappa shape index (κ1) is 7.53. The molecule has 1 aliphatic carbocycles. The van der Waals surface area contributed by atoms with E-state index in [1.54, 1.807) is 0 Å². The van der Waals surface area contributed by atoms with Crippen LogP contribution >= 0.6 is 0 Å². The highest BCUT2D eigenvalue weighted by Gasteiger charge is 2.22. The van der Waals surface area contributed by atoms with Crippen LogP contribution in [0, 0.1) is 5.92 Å². The second kappa shape index (κ2) is 2.74. The number of rotatable bonds is 1. The van der Waals surface area contributed by atoms with Gasteiger partial charge in [0.15, 0.2) is 0 Å². The summed E-state index contributed by atoms with van der Waals surface area (Å²) >= 11 is 0. The molecule has 1 unspecified atom stereocenters. The Bertz CT molecular complexity index is 278. The topological polar surface area (TPSA) is 29.3 Å². The molecule has 2 N–H and O–H groups in total. The predicted octanol–water partition coefficient (Wildman–Crippen LogP) is 0.962. The van der Waals surface area contributed by atoms with Crippen molar-refractivity contribution in [3.8, 4) is 0 Å². The average Bonchev–Trinajstić information content (AvgIpc) is 2.46. The van der Waals surface area contributed by atoms with Gasteiger partial charge in [-0.2, -0.15) is 0 Å². The summed E-state index contributed by atoms with van der Waals surface area (Å²) in [5.41, 5.74) is 8.00. The molecule has 2 aliphatic rings. The average molecular weight is 160 g/mol. The summed E-state index contributed by atoms with van der Waals surface area (Å²) in [6.45, 7) is 2.15. The van der Waals surface area contributed by atoms with E-state index < -0.39 is 0 Å². The quantitative estimate of drug-likeness (QED) is 0.579. The van der Waals surface area contributed by atoms with Crippen molar-refractivity contribution in [3.05, 3.63) is 35.8 Å². The van der Waals surface area contributed by atoms with Crippen LogP contribution in [0.25, 0.3) is 0 Å². The van der Waals surface area contributed by atoms with Crippen LogP contribution in [0.4, 0.5) is 0 Å². The van der Waals surface area contributed by atoms with Gasteiger partial charge in [-0.25, -0.2) is 0 Å². The Morgan fingerprint density at radius 2 is 2.50 bits per heavy atom. The lowest BCUT2D eigenvalue weighted by Crippen LogP contribution is -2.20. The van der Waals surface area contributed by atoms with E-state index in [1.165, 1.54) is 5.70 Å². The fraction of sp³-hybridized carbons (Fsp3) is 0.333. The molecule has 0 fully saturated rings. The second-order valence-corrected chi connectivity index (χ2v) is 3.24. The molecule has 62 valence electrons. The zero-order chi connectivity index (χ0) is 8.55. The molecule has 0 saturated heterocycles. The van der Waals surface area contributed by atoms with Crippen LogP contribution in [0.2, 0.25) is 6.82 Å². The summed E-state index contributed by atoms with van der Waals surface area (Å²) in [7, 11) is 1.03. The third-order valence-corrected chi connectivity index (χ3v) is 2.47. The molecule has 2 nitrogen and oxygen atoms in total. The lowest BCUT2D eigenvalue weighted by molar-refractivity contribution is 0.639. The predicted molar refractivity (Wildman–Crippen MR) is 52.5 cm³/mol. The largest absolute Gasteiger partial charge is 0.399 e. The molecule has 1 aliphatic heterocycles. The standard InChI is InChI=1S/C9H13BN2/c1-10-12-5-4-7-2-3-8(11)6-9(7)12/h3-7,10H,2,11H2,1H3. The molecule has 1 heterocycles. The molecule has 0 bridgehead atoms. The van der Waals surface area contributed by atoms with Gasteiger partial charge in [0.05, 0.1) is 0 Å². The summed E-state index contributed by atoms with van der Waals surface area (Å²) in [4.78, 5) is 2.25. The minimum absolute atomic E-state index is 0.581. The molecule has 2 rings (SSSR count). The molecule has 12 heavy (non-hydrogen) atoms. The summed E-state index contributed by atoms with van der Waals surface area (Å²) in [5, 5.41) is 0. The highest BCUT2D eigenvalue weighted by atomic mass is 15.1. The van der Waals surface area contributed by atoms with Crippen LogP contribution < -0.4 is 5.73 Å². The third-order valence-electron chi connectivity index (χ3n) is 2.47. The Morgan fingerprint density at radius 3 is 3.25 bits per heavy atom. The molecule has 1 atom stereocenters. The molecule has 0 saturated carbocycles. The number of hydrogen-bond acceptors (Lipinski definition) is 2.